The number of nitro groups is 2. The molecule has 1 aromatic heterocycles. The summed E-state index contributed by atoms with van der Waals surface area (Å²) in [4.78, 5) is 61.6. The first kappa shape index (κ1) is 28.6. The molecular formula is C24H20F2N6O9. The van der Waals surface area contributed by atoms with E-state index in [-0.39, 0.29) is 24.4 Å². The van der Waals surface area contributed by atoms with Gasteiger partial charge in [-0.15, -0.1) is 0 Å². The van der Waals surface area contributed by atoms with Crippen LogP contribution in [0.1, 0.15) is 26.4 Å². The largest absolute Gasteiger partial charge is 0.502 e. The van der Waals surface area contributed by atoms with Crippen LogP contribution in [-0.2, 0) is 11.3 Å². The van der Waals surface area contributed by atoms with Gasteiger partial charge in [-0.3, -0.25) is 39.6 Å². The molecule has 2 heterocycles. The number of nitrogens with zero attached hydrogens (tertiary/aromatic N) is 5. The number of hydrogen-bond acceptors (Lipinski definition) is 10. The van der Waals surface area contributed by atoms with Crippen molar-refractivity contribution in [3.63, 3.8) is 0 Å². The normalized spacial score (nSPS) is 12.7. The number of amides is 2. The minimum absolute atomic E-state index is 0.00730. The van der Waals surface area contributed by atoms with Crippen LogP contribution in [0.2, 0.25) is 0 Å². The zero-order valence-electron chi connectivity index (χ0n) is 21.1. The third kappa shape index (κ3) is 5.50. The van der Waals surface area contributed by atoms with Crippen LogP contribution in [0.4, 0.5) is 25.8 Å². The number of nitrogens with one attached hydrogen (secondary N) is 1. The number of non-ortho nitro benzene ring substituents is 1. The van der Waals surface area contributed by atoms with E-state index < -0.39 is 80.3 Å². The van der Waals surface area contributed by atoms with Gasteiger partial charge in [0.25, 0.3) is 17.5 Å². The molecule has 0 bridgehead atoms. The van der Waals surface area contributed by atoms with E-state index >= 15 is 0 Å². The van der Waals surface area contributed by atoms with Gasteiger partial charge in [-0.05, 0) is 12.1 Å². The number of methoxy groups -OCH3 is 1. The highest BCUT2D eigenvalue weighted by atomic mass is 19.1. The van der Waals surface area contributed by atoms with Crippen molar-refractivity contribution < 1.29 is 38.1 Å². The van der Waals surface area contributed by atoms with E-state index in [2.05, 4.69) is 5.32 Å². The molecule has 0 fully saturated rings. The molecule has 15 nitrogen and oxygen atoms in total. The fourth-order valence-corrected chi connectivity index (χ4v) is 4.08. The number of benzene rings is 2. The average molecular weight is 574 g/mol. The Hall–Kier alpha value is -5.45. The predicted molar refractivity (Wildman–Crippen MR) is 135 cm³/mol. The number of aromatic hydroxyl groups is 1. The second-order valence-electron chi connectivity index (χ2n) is 8.62. The van der Waals surface area contributed by atoms with Crippen molar-refractivity contribution in [3.8, 4) is 5.75 Å². The van der Waals surface area contributed by atoms with Gasteiger partial charge in [-0.1, -0.05) is 6.07 Å². The smallest absolute Gasteiger partial charge is 0.301 e. The Balaban J connectivity index is 1.84. The van der Waals surface area contributed by atoms with Crippen molar-refractivity contribution in [1.82, 2.24) is 14.9 Å². The van der Waals surface area contributed by atoms with Crippen LogP contribution in [0.15, 0.2) is 47.4 Å². The summed E-state index contributed by atoms with van der Waals surface area (Å²) in [6.45, 7) is -0.967. The maximum atomic E-state index is 14.0. The lowest BCUT2D eigenvalue weighted by Gasteiger charge is -2.39. The molecular weight excluding hydrogens is 554 g/mol. The summed E-state index contributed by atoms with van der Waals surface area (Å²) in [7, 11) is 1.35. The summed E-state index contributed by atoms with van der Waals surface area (Å²) in [5.41, 5.74) is -4.38. The van der Waals surface area contributed by atoms with Crippen molar-refractivity contribution in [1.29, 1.82) is 0 Å². The summed E-state index contributed by atoms with van der Waals surface area (Å²) < 4.78 is 33.0. The second-order valence-corrected chi connectivity index (χ2v) is 8.62. The fraction of sp³-hybridized carbons (Fsp3) is 0.208. The lowest BCUT2D eigenvalue weighted by molar-refractivity contribution is -0.393. The molecule has 0 aliphatic carbocycles. The first-order valence-corrected chi connectivity index (χ1v) is 11.6. The minimum atomic E-state index is -1.27. The van der Waals surface area contributed by atoms with Gasteiger partial charge in [0.1, 0.15) is 29.6 Å². The highest BCUT2D eigenvalue weighted by molar-refractivity contribution is 5.99. The molecule has 0 saturated carbocycles. The first-order chi connectivity index (χ1) is 19.4. The fourth-order valence-electron chi connectivity index (χ4n) is 4.08. The molecule has 17 heteroatoms. The van der Waals surface area contributed by atoms with Crippen LogP contribution < -0.4 is 15.8 Å². The molecule has 1 aliphatic heterocycles. The van der Waals surface area contributed by atoms with Gasteiger partial charge in [0, 0.05) is 44.1 Å². The van der Waals surface area contributed by atoms with Gasteiger partial charge < -0.3 is 20.1 Å². The third-order valence-electron chi connectivity index (χ3n) is 6.13. The highest BCUT2D eigenvalue weighted by Crippen LogP contribution is 2.35. The van der Waals surface area contributed by atoms with Crippen LogP contribution in [0.25, 0.3) is 0 Å². The maximum Gasteiger partial charge on any atom is 0.301 e. The molecule has 0 spiro atoms. The van der Waals surface area contributed by atoms with E-state index in [1.807, 2.05) is 0 Å². The van der Waals surface area contributed by atoms with Gasteiger partial charge in [-0.2, -0.15) is 0 Å². The first-order valence-electron chi connectivity index (χ1n) is 11.6. The quantitative estimate of drug-likeness (QED) is 0.282. The summed E-state index contributed by atoms with van der Waals surface area (Å²) in [5, 5.41) is 37.2. The van der Waals surface area contributed by atoms with Crippen LogP contribution in [0.3, 0.4) is 0 Å². The molecule has 2 N–H and O–H groups in total. The number of halogens is 2. The lowest BCUT2D eigenvalue weighted by Crippen LogP contribution is -2.53. The Kier molecular flexibility index (Phi) is 7.90. The molecule has 4 rings (SSSR count). The number of nitro benzene ring substituents is 2. The Morgan fingerprint density at radius 2 is 1.85 bits per heavy atom. The van der Waals surface area contributed by atoms with Gasteiger partial charge in [0.2, 0.25) is 5.43 Å². The number of fused-ring (bicyclic) bond motifs is 1. The SMILES string of the molecule is COCCN1CN(c2ccc([N+](=O)[O-])cc2[N+](=O)[O-])n2cc(C(=O)NCc3ccc(F)cc3F)c(=O)c(O)c2C1=O. The van der Waals surface area contributed by atoms with E-state index in [4.69, 9.17) is 4.74 Å². The molecule has 2 amide bonds. The number of anilines is 1. The second kappa shape index (κ2) is 11.3. The van der Waals surface area contributed by atoms with Gasteiger partial charge in [0.05, 0.1) is 22.5 Å². The van der Waals surface area contributed by atoms with Crippen molar-refractivity contribution in [2.75, 3.05) is 31.9 Å². The predicted octanol–water partition coefficient (Wildman–Crippen LogP) is 1.91. The Labute approximate surface area is 228 Å². The van der Waals surface area contributed by atoms with Gasteiger partial charge in [-0.25, -0.2) is 13.5 Å². The Bertz CT molecular complexity index is 1640. The number of carbonyl (C=O) groups is 2. The number of carbonyl (C=O) groups excluding carboxylic acids is 2. The molecule has 0 radical (unpaired) electrons. The van der Waals surface area contributed by atoms with Crippen LogP contribution in [0.5, 0.6) is 5.75 Å². The van der Waals surface area contributed by atoms with E-state index in [9.17, 15) is 48.5 Å². The minimum Gasteiger partial charge on any atom is -0.502 e. The monoisotopic (exact) mass is 574 g/mol. The zero-order chi connectivity index (χ0) is 30.0. The number of ether oxygens (including phenoxy) is 1. The molecule has 3 aromatic rings. The van der Waals surface area contributed by atoms with Crippen LogP contribution in [-0.4, -0.2) is 63.3 Å². The number of pyridine rings is 1. The van der Waals surface area contributed by atoms with Gasteiger partial charge in [0.15, 0.2) is 11.4 Å². The summed E-state index contributed by atoms with van der Waals surface area (Å²) in [6, 6.07) is 5.34. The van der Waals surface area contributed by atoms with E-state index in [1.165, 1.54) is 7.11 Å². The van der Waals surface area contributed by atoms with Crippen LogP contribution >= 0.6 is 0 Å². The molecule has 2 aromatic carbocycles. The topological polar surface area (TPSA) is 190 Å². The Morgan fingerprint density at radius 3 is 2.49 bits per heavy atom. The summed E-state index contributed by atoms with van der Waals surface area (Å²) in [6.07, 6.45) is 0.852. The van der Waals surface area contributed by atoms with Crippen molar-refractivity contribution in [2.24, 2.45) is 0 Å². The van der Waals surface area contributed by atoms with Crippen LogP contribution in [0, 0.1) is 31.9 Å². The molecule has 0 atom stereocenters. The maximum absolute atomic E-state index is 14.0. The third-order valence-corrected chi connectivity index (χ3v) is 6.13. The van der Waals surface area contributed by atoms with Gasteiger partial charge >= 0.3 is 5.69 Å². The van der Waals surface area contributed by atoms with E-state index in [0.717, 1.165) is 45.0 Å². The standard InChI is InChI=1S/C24H20F2N6O9/c1-41-7-6-28-12-30(18-5-4-15(31(37)38)9-19(18)32(39)40)29-11-16(21(33)22(34)20(29)24(28)36)23(35)27-10-13-2-3-14(25)8-17(13)26/h2-5,8-9,11,34H,6-7,10,12H2,1H3,(H,27,35). The number of aromatic nitrogens is 1. The van der Waals surface area contributed by atoms with E-state index in [1.54, 1.807) is 0 Å². The summed E-state index contributed by atoms with van der Waals surface area (Å²) >= 11 is 0. The van der Waals surface area contributed by atoms with Crippen molar-refractivity contribution in [3.05, 3.63) is 102 Å². The highest BCUT2D eigenvalue weighted by Gasteiger charge is 2.37. The zero-order valence-corrected chi connectivity index (χ0v) is 21.1. The number of hydrogen-bond donors (Lipinski definition) is 2. The van der Waals surface area contributed by atoms with Crippen molar-refractivity contribution in [2.45, 2.75) is 6.54 Å². The molecule has 1 aliphatic rings. The Morgan fingerprint density at radius 1 is 1.12 bits per heavy atom. The molecule has 0 unspecified atom stereocenters. The molecule has 41 heavy (non-hydrogen) atoms. The van der Waals surface area contributed by atoms with Crippen molar-refractivity contribution >= 4 is 28.9 Å². The van der Waals surface area contributed by atoms with E-state index in [0.29, 0.717) is 12.1 Å². The average Bonchev–Trinajstić information content (AvgIpc) is 2.93. The molecule has 0 saturated heterocycles. The number of rotatable bonds is 9. The summed E-state index contributed by atoms with van der Waals surface area (Å²) in [5.74, 6) is -4.96. The lowest BCUT2D eigenvalue weighted by atomic mass is 10.1. The molecule has 214 valence electrons.